The number of carbonyl (C=O) groups is 1. The first kappa shape index (κ1) is 16.9. The molecule has 1 atom stereocenters. The van der Waals surface area contributed by atoms with Gasteiger partial charge in [-0.2, -0.15) is 0 Å². The van der Waals surface area contributed by atoms with Crippen molar-refractivity contribution >= 4 is 5.78 Å². The van der Waals surface area contributed by atoms with E-state index in [1.165, 1.54) is 0 Å². The molecule has 0 aliphatic carbocycles. The van der Waals surface area contributed by atoms with Crippen molar-refractivity contribution in [3.63, 3.8) is 0 Å². The van der Waals surface area contributed by atoms with Gasteiger partial charge in [0.25, 0.3) is 0 Å². The van der Waals surface area contributed by atoms with Crippen molar-refractivity contribution in [1.29, 1.82) is 0 Å². The van der Waals surface area contributed by atoms with E-state index in [1.54, 1.807) is 7.11 Å². The van der Waals surface area contributed by atoms with Crippen LogP contribution >= 0.6 is 0 Å². The number of carbonyl (C=O) groups excluding carboxylic acids is 1. The summed E-state index contributed by atoms with van der Waals surface area (Å²) in [5.74, 6) is 0.871. The van der Waals surface area contributed by atoms with Gasteiger partial charge in [0.05, 0.1) is 13.2 Å². The lowest BCUT2D eigenvalue weighted by molar-refractivity contribution is 0.0942. The van der Waals surface area contributed by atoms with Crippen molar-refractivity contribution < 1.29 is 9.53 Å². The van der Waals surface area contributed by atoms with E-state index in [-0.39, 0.29) is 5.78 Å². The van der Waals surface area contributed by atoms with Crippen LogP contribution < -0.4 is 10.1 Å². The topological polar surface area (TPSA) is 38.3 Å². The molecule has 1 unspecified atom stereocenters. The van der Waals surface area contributed by atoms with Crippen LogP contribution in [0.2, 0.25) is 0 Å². The monoisotopic (exact) mass is 331 g/mol. The van der Waals surface area contributed by atoms with Crippen LogP contribution in [0.4, 0.5) is 0 Å². The van der Waals surface area contributed by atoms with Gasteiger partial charge in [-0.15, -0.1) is 0 Å². The van der Waals surface area contributed by atoms with E-state index in [4.69, 9.17) is 4.74 Å². The first-order valence-electron chi connectivity index (χ1n) is 8.29. The second-order valence-corrected chi connectivity index (χ2v) is 5.77. The number of para-hydroxylation sites is 1. The standard InChI is InChI=1S/C22H21NO2/c1-25-20-15-9-8-14-19(20)16-23-21(17-10-4-2-5-11-17)22(24)18-12-6-3-7-13-18/h2-15,21,23H,16H2,1H3. The maximum atomic E-state index is 13.0. The SMILES string of the molecule is COc1ccccc1CNC(C(=O)c1ccccc1)c1ccccc1. The minimum absolute atomic E-state index is 0.0571. The quantitative estimate of drug-likeness (QED) is 0.652. The molecule has 3 heteroatoms. The average Bonchev–Trinajstić information content (AvgIpc) is 2.70. The van der Waals surface area contributed by atoms with E-state index in [0.717, 1.165) is 16.9 Å². The van der Waals surface area contributed by atoms with Crippen LogP contribution in [0.5, 0.6) is 5.75 Å². The Morgan fingerprint density at radius 3 is 2.16 bits per heavy atom. The number of benzene rings is 3. The summed E-state index contributed by atoms with van der Waals surface area (Å²) < 4.78 is 5.40. The van der Waals surface area contributed by atoms with Crippen molar-refractivity contribution in [2.45, 2.75) is 12.6 Å². The van der Waals surface area contributed by atoms with Crippen LogP contribution in [0.15, 0.2) is 84.9 Å². The zero-order chi connectivity index (χ0) is 17.5. The number of nitrogens with one attached hydrogen (secondary N) is 1. The second kappa shape index (κ2) is 8.27. The highest BCUT2D eigenvalue weighted by molar-refractivity contribution is 6.00. The number of Topliss-reactive ketones (excluding diaryl/α,β-unsaturated/α-hetero) is 1. The van der Waals surface area contributed by atoms with Gasteiger partial charge in [0.1, 0.15) is 5.75 Å². The molecular formula is C22H21NO2. The van der Waals surface area contributed by atoms with Crippen LogP contribution in [-0.2, 0) is 6.54 Å². The molecule has 0 fully saturated rings. The molecule has 0 amide bonds. The second-order valence-electron chi connectivity index (χ2n) is 5.77. The van der Waals surface area contributed by atoms with Crippen molar-refractivity contribution in [1.82, 2.24) is 5.32 Å². The maximum absolute atomic E-state index is 13.0. The number of hydrogen-bond donors (Lipinski definition) is 1. The van der Waals surface area contributed by atoms with Crippen LogP contribution in [-0.4, -0.2) is 12.9 Å². The number of rotatable bonds is 7. The largest absolute Gasteiger partial charge is 0.496 e. The molecule has 0 aliphatic rings. The summed E-state index contributed by atoms with van der Waals surface area (Å²) in [6.45, 7) is 0.544. The Hall–Kier alpha value is -2.91. The van der Waals surface area contributed by atoms with E-state index in [2.05, 4.69) is 5.32 Å². The molecule has 0 aliphatic heterocycles. The maximum Gasteiger partial charge on any atom is 0.184 e. The first-order chi connectivity index (χ1) is 12.3. The van der Waals surface area contributed by atoms with Gasteiger partial charge in [0.2, 0.25) is 0 Å². The van der Waals surface area contributed by atoms with Crippen molar-refractivity contribution in [3.8, 4) is 5.75 Å². The molecule has 0 spiro atoms. The summed E-state index contributed by atoms with van der Waals surface area (Å²) in [7, 11) is 1.66. The predicted molar refractivity (Wildman–Crippen MR) is 99.8 cm³/mol. The fourth-order valence-electron chi connectivity index (χ4n) is 2.84. The van der Waals surface area contributed by atoms with Gasteiger partial charge in [0.15, 0.2) is 5.78 Å². The lowest BCUT2D eigenvalue weighted by Crippen LogP contribution is -2.28. The van der Waals surface area contributed by atoms with Gasteiger partial charge < -0.3 is 4.74 Å². The van der Waals surface area contributed by atoms with Gasteiger partial charge in [-0.3, -0.25) is 10.1 Å². The molecule has 0 saturated carbocycles. The molecule has 126 valence electrons. The predicted octanol–water partition coefficient (Wildman–Crippen LogP) is 4.41. The molecule has 3 aromatic rings. The number of hydrogen-bond acceptors (Lipinski definition) is 3. The highest BCUT2D eigenvalue weighted by atomic mass is 16.5. The summed E-state index contributed by atoms with van der Waals surface area (Å²) in [5, 5.41) is 3.40. The van der Waals surface area contributed by atoms with Crippen molar-refractivity contribution in [2.24, 2.45) is 0 Å². The van der Waals surface area contributed by atoms with Crippen molar-refractivity contribution in [2.75, 3.05) is 7.11 Å². The van der Waals surface area contributed by atoms with Crippen LogP contribution in [0, 0.1) is 0 Å². The average molecular weight is 331 g/mol. The Kier molecular flexibility index (Phi) is 5.60. The summed E-state index contributed by atoms with van der Waals surface area (Å²) in [6, 6.07) is 26.6. The molecule has 25 heavy (non-hydrogen) atoms. The zero-order valence-corrected chi connectivity index (χ0v) is 14.2. The Morgan fingerprint density at radius 1 is 0.880 bits per heavy atom. The lowest BCUT2D eigenvalue weighted by atomic mass is 9.97. The fourth-order valence-corrected chi connectivity index (χ4v) is 2.84. The molecular weight excluding hydrogens is 310 g/mol. The molecule has 3 nitrogen and oxygen atoms in total. The summed E-state index contributed by atoms with van der Waals surface area (Å²) in [6.07, 6.45) is 0. The van der Waals surface area contributed by atoms with Gasteiger partial charge in [0, 0.05) is 17.7 Å². The highest BCUT2D eigenvalue weighted by Gasteiger charge is 2.21. The minimum atomic E-state index is -0.409. The Morgan fingerprint density at radius 2 is 1.48 bits per heavy atom. The van der Waals surface area contributed by atoms with Gasteiger partial charge >= 0.3 is 0 Å². The molecule has 3 rings (SSSR count). The highest BCUT2D eigenvalue weighted by Crippen LogP contribution is 2.22. The van der Waals surface area contributed by atoms with E-state index in [9.17, 15) is 4.79 Å². The van der Waals surface area contributed by atoms with E-state index in [1.807, 2.05) is 84.9 Å². The van der Waals surface area contributed by atoms with Crippen LogP contribution in [0.25, 0.3) is 0 Å². The number of ether oxygens (including phenoxy) is 1. The third-order valence-electron chi connectivity index (χ3n) is 4.14. The van der Waals surface area contributed by atoms with Gasteiger partial charge in [-0.1, -0.05) is 78.9 Å². The third kappa shape index (κ3) is 4.14. The van der Waals surface area contributed by atoms with Gasteiger partial charge in [-0.05, 0) is 11.6 Å². The molecule has 0 bridgehead atoms. The minimum Gasteiger partial charge on any atom is -0.496 e. The Labute approximate surface area is 148 Å². The molecule has 0 aromatic heterocycles. The van der Waals surface area contributed by atoms with Crippen LogP contribution in [0.1, 0.15) is 27.5 Å². The number of ketones is 1. The molecule has 0 radical (unpaired) electrons. The van der Waals surface area contributed by atoms with Gasteiger partial charge in [-0.25, -0.2) is 0 Å². The Balaban J connectivity index is 1.86. The lowest BCUT2D eigenvalue weighted by Gasteiger charge is -2.19. The summed E-state index contributed by atoms with van der Waals surface area (Å²) in [5.41, 5.74) is 2.67. The molecule has 3 aromatic carbocycles. The van der Waals surface area contributed by atoms with E-state index < -0.39 is 6.04 Å². The Bertz CT molecular complexity index is 816. The molecule has 0 heterocycles. The van der Waals surface area contributed by atoms with Crippen molar-refractivity contribution in [3.05, 3.63) is 102 Å². The molecule has 0 saturated heterocycles. The summed E-state index contributed by atoms with van der Waals surface area (Å²) in [4.78, 5) is 13.0. The molecule has 1 N–H and O–H groups in total. The summed E-state index contributed by atoms with van der Waals surface area (Å²) >= 11 is 0. The normalized spacial score (nSPS) is 11.7. The van der Waals surface area contributed by atoms with E-state index in [0.29, 0.717) is 12.1 Å². The third-order valence-corrected chi connectivity index (χ3v) is 4.14. The van der Waals surface area contributed by atoms with E-state index >= 15 is 0 Å². The number of methoxy groups -OCH3 is 1. The fraction of sp³-hybridized carbons (Fsp3) is 0.136. The zero-order valence-electron chi connectivity index (χ0n) is 14.2. The smallest absolute Gasteiger partial charge is 0.184 e. The van der Waals surface area contributed by atoms with Crippen LogP contribution in [0.3, 0.4) is 0 Å². The first-order valence-corrected chi connectivity index (χ1v) is 8.29.